The molecule has 0 amide bonds. The van der Waals surface area contributed by atoms with Crippen molar-refractivity contribution in [3.05, 3.63) is 35.4 Å². The number of aliphatic carboxylic acids is 1. The molecular weight excluding hydrogens is 400 g/mol. The number of likely N-dealkylation sites (tertiary alicyclic amines) is 1. The predicted octanol–water partition coefficient (Wildman–Crippen LogP) is 2.60. The number of hydrogen-bond acceptors (Lipinski definition) is 8. The third-order valence-corrected chi connectivity index (χ3v) is 5.10. The summed E-state index contributed by atoms with van der Waals surface area (Å²) in [6, 6.07) is 7.19. The number of carbonyl (C=O) groups is 2. The largest absolute Gasteiger partial charge is 0.480 e. The first kappa shape index (κ1) is 22.6. The molecule has 2 N–H and O–H groups in total. The minimum atomic E-state index is -0.816. The molecule has 1 aromatic carbocycles. The van der Waals surface area contributed by atoms with E-state index < -0.39 is 5.97 Å². The summed E-state index contributed by atoms with van der Waals surface area (Å²) in [6.07, 6.45) is 2.64. The molecule has 1 aliphatic rings. The first-order chi connectivity index (χ1) is 15.0. The molecule has 1 aromatic heterocycles. The summed E-state index contributed by atoms with van der Waals surface area (Å²) in [5, 5.41) is 21.1. The van der Waals surface area contributed by atoms with Gasteiger partial charge in [0, 0.05) is 30.3 Å². The summed E-state index contributed by atoms with van der Waals surface area (Å²) in [4.78, 5) is 24.1. The fraction of sp³-hybridized carbons (Fsp3) is 0.455. The molecule has 0 saturated carbocycles. The van der Waals surface area contributed by atoms with Gasteiger partial charge in [-0.1, -0.05) is 6.07 Å². The van der Waals surface area contributed by atoms with Gasteiger partial charge in [-0.3, -0.25) is 14.5 Å². The van der Waals surface area contributed by atoms with Crippen LogP contribution in [0, 0.1) is 6.92 Å². The number of aromatic nitrogens is 2. The Morgan fingerprint density at radius 1 is 1.35 bits per heavy atom. The van der Waals surface area contributed by atoms with Crippen LogP contribution in [0.5, 0.6) is 5.75 Å². The van der Waals surface area contributed by atoms with E-state index in [0.29, 0.717) is 36.0 Å². The second-order valence-electron chi connectivity index (χ2n) is 7.50. The molecule has 1 atom stereocenters. The van der Waals surface area contributed by atoms with E-state index in [1.54, 1.807) is 18.2 Å². The molecule has 0 unspecified atom stereocenters. The number of piperidine rings is 1. The number of carbonyl (C=O) groups excluding carboxylic acids is 1. The SMILES string of the molecule is CCOCOc1cc(C=O)ccc1-c1nnc(N[C@@H]2CCCN(CC(=O)O)C2)cc1C. The van der Waals surface area contributed by atoms with Gasteiger partial charge in [-0.15, -0.1) is 10.2 Å². The average Bonchev–Trinajstić information content (AvgIpc) is 2.74. The van der Waals surface area contributed by atoms with Crippen LogP contribution in [0.3, 0.4) is 0 Å². The maximum atomic E-state index is 11.2. The lowest BCUT2D eigenvalue weighted by molar-refractivity contribution is -0.138. The molecule has 3 rings (SSSR count). The van der Waals surface area contributed by atoms with Gasteiger partial charge in [0.25, 0.3) is 0 Å². The highest BCUT2D eigenvalue weighted by Gasteiger charge is 2.22. The number of aryl methyl sites for hydroxylation is 1. The third kappa shape index (κ3) is 6.22. The first-order valence-electron chi connectivity index (χ1n) is 10.3. The number of nitrogens with zero attached hydrogens (tertiary/aromatic N) is 3. The molecule has 0 aliphatic carbocycles. The highest BCUT2D eigenvalue weighted by atomic mass is 16.7. The number of carboxylic acid groups (broad SMARTS) is 1. The molecule has 1 fully saturated rings. The molecule has 0 bridgehead atoms. The van der Waals surface area contributed by atoms with Crippen LogP contribution in [0.25, 0.3) is 11.3 Å². The van der Waals surface area contributed by atoms with Crippen molar-refractivity contribution in [1.29, 1.82) is 0 Å². The average molecular weight is 428 g/mol. The number of aldehydes is 1. The molecule has 1 aliphatic heterocycles. The van der Waals surface area contributed by atoms with Crippen LogP contribution >= 0.6 is 0 Å². The molecule has 0 spiro atoms. The Morgan fingerprint density at radius 3 is 2.90 bits per heavy atom. The Hall–Kier alpha value is -3.04. The minimum absolute atomic E-state index is 0.0448. The molecule has 9 nitrogen and oxygen atoms in total. The van der Waals surface area contributed by atoms with Crippen LogP contribution in [0.2, 0.25) is 0 Å². The number of hydrogen-bond donors (Lipinski definition) is 2. The topological polar surface area (TPSA) is 114 Å². The van der Waals surface area contributed by atoms with E-state index in [-0.39, 0.29) is 19.4 Å². The maximum absolute atomic E-state index is 11.2. The Balaban J connectivity index is 1.76. The second kappa shape index (κ2) is 10.8. The lowest BCUT2D eigenvalue weighted by atomic mass is 10.0. The van der Waals surface area contributed by atoms with Gasteiger partial charge in [-0.2, -0.15) is 0 Å². The quantitative estimate of drug-likeness (QED) is 0.335. The Bertz CT molecular complexity index is 921. The van der Waals surface area contributed by atoms with Gasteiger partial charge in [0.15, 0.2) is 6.79 Å². The minimum Gasteiger partial charge on any atom is -0.480 e. The molecular formula is C22H28N4O5. The number of anilines is 1. The van der Waals surface area contributed by atoms with Crippen molar-refractivity contribution in [2.45, 2.75) is 32.7 Å². The molecule has 0 radical (unpaired) electrons. The Labute approximate surface area is 181 Å². The van der Waals surface area contributed by atoms with Gasteiger partial charge in [0.2, 0.25) is 0 Å². The van der Waals surface area contributed by atoms with Crippen LogP contribution in [0.1, 0.15) is 35.7 Å². The Kier molecular flexibility index (Phi) is 7.91. The van der Waals surface area contributed by atoms with Crippen molar-refractivity contribution in [3.8, 4) is 17.0 Å². The lowest BCUT2D eigenvalue weighted by Crippen LogP contribution is -2.44. The third-order valence-electron chi connectivity index (χ3n) is 5.10. The first-order valence-corrected chi connectivity index (χ1v) is 10.3. The summed E-state index contributed by atoms with van der Waals surface area (Å²) in [7, 11) is 0. The fourth-order valence-corrected chi connectivity index (χ4v) is 3.66. The van der Waals surface area contributed by atoms with E-state index in [2.05, 4.69) is 15.5 Å². The molecule has 166 valence electrons. The van der Waals surface area contributed by atoms with Crippen LogP contribution in [0.15, 0.2) is 24.3 Å². The number of carboxylic acids is 1. The summed E-state index contributed by atoms with van der Waals surface area (Å²) >= 11 is 0. The smallest absolute Gasteiger partial charge is 0.317 e. The van der Waals surface area contributed by atoms with Gasteiger partial charge in [0.1, 0.15) is 17.9 Å². The standard InChI is InChI=1S/C22H28N4O5/c1-3-30-14-31-19-10-16(13-27)6-7-18(19)22-15(2)9-20(24-25-22)23-17-5-4-8-26(11-17)12-21(28)29/h6-7,9-10,13,17H,3-5,8,11-12,14H2,1-2H3,(H,23,24)(H,28,29)/t17-/m1/s1. The Morgan fingerprint density at radius 2 is 2.19 bits per heavy atom. The van der Waals surface area contributed by atoms with Crippen LogP contribution in [-0.2, 0) is 9.53 Å². The molecule has 31 heavy (non-hydrogen) atoms. The summed E-state index contributed by atoms with van der Waals surface area (Å²) in [6.45, 7) is 5.89. The van der Waals surface area contributed by atoms with Crippen LogP contribution < -0.4 is 10.1 Å². The van der Waals surface area contributed by atoms with E-state index in [9.17, 15) is 9.59 Å². The predicted molar refractivity (Wildman–Crippen MR) is 115 cm³/mol. The molecule has 9 heteroatoms. The van der Waals surface area contributed by atoms with Crippen molar-refractivity contribution in [3.63, 3.8) is 0 Å². The normalized spacial score (nSPS) is 16.6. The zero-order chi connectivity index (χ0) is 22.2. The van der Waals surface area contributed by atoms with Gasteiger partial charge in [-0.05, 0) is 57.0 Å². The number of ether oxygens (including phenoxy) is 2. The van der Waals surface area contributed by atoms with Crippen molar-refractivity contribution in [2.24, 2.45) is 0 Å². The van der Waals surface area contributed by atoms with Gasteiger partial charge in [0.05, 0.1) is 12.2 Å². The zero-order valence-electron chi connectivity index (χ0n) is 17.8. The molecule has 1 saturated heterocycles. The fourth-order valence-electron chi connectivity index (χ4n) is 3.66. The molecule has 2 aromatic rings. The highest BCUT2D eigenvalue weighted by molar-refractivity contribution is 5.80. The molecule has 2 heterocycles. The number of nitrogens with one attached hydrogen (secondary N) is 1. The van der Waals surface area contributed by atoms with Gasteiger partial charge >= 0.3 is 5.97 Å². The summed E-state index contributed by atoms with van der Waals surface area (Å²) in [5.41, 5.74) is 2.79. The van der Waals surface area contributed by atoms with E-state index in [1.807, 2.05) is 24.8 Å². The zero-order valence-corrected chi connectivity index (χ0v) is 17.8. The van der Waals surface area contributed by atoms with E-state index >= 15 is 0 Å². The maximum Gasteiger partial charge on any atom is 0.317 e. The van der Waals surface area contributed by atoms with E-state index in [1.165, 1.54) is 0 Å². The van der Waals surface area contributed by atoms with E-state index in [0.717, 1.165) is 36.8 Å². The van der Waals surface area contributed by atoms with Crippen molar-refractivity contribution >= 4 is 18.1 Å². The monoisotopic (exact) mass is 428 g/mol. The highest BCUT2D eigenvalue weighted by Crippen LogP contribution is 2.32. The number of benzene rings is 1. The van der Waals surface area contributed by atoms with Crippen molar-refractivity contribution in [1.82, 2.24) is 15.1 Å². The van der Waals surface area contributed by atoms with Crippen molar-refractivity contribution in [2.75, 3.05) is 38.4 Å². The summed E-state index contributed by atoms with van der Waals surface area (Å²) < 4.78 is 11.0. The van der Waals surface area contributed by atoms with Crippen LogP contribution in [0.4, 0.5) is 5.82 Å². The van der Waals surface area contributed by atoms with Crippen molar-refractivity contribution < 1.29 is 24.2 Å². The summed E-state index contributed by atoms with van der Waals surface area (Å²) in [5.74, 6) is 0.334. The van der Waals surface area contributed by atoms with Gasteiger partial charge < -0.3 is 19.9 Å². The van der Waals surface area contributed by atoms with Gasteiger partial charge in [-0.25, -0.2) is 0 Å². The number of rotatable bonds is 10. The lowest BCUT2D eigenvalue weighted by Gasteiger charge is -2.32. The van der Waals surface area contributed by atoms with E-state index in [4.69, 9.17) is 14.6 Å². The van der Waals surface area contributed by atoms with Crippen LogP contribution in [-0.4, -0.2) is 71.5 Å². The second-order valence-corrected chi connectivity index (χ2v) is 7.50.